The molecular formula is C22H38Br2OSi. The van der Waals surface area contributed by atoms with Crippen molar-refractivity contribution in [1.82, 2.24) is 0 Å². The molecule has 0 bridgehead atoms. The van der Waals surface area contributed by atoms with Crippen LogP contribution in [0.25, 0.3) is 0 Å². The van der Waals surface area contributed by atoms with E-state index in [0.717, 1.165) is 9.81 Å². The van der Waals surface area contributed by atoms with Crippen molar-refractivity contribution in [3.8, 4) is 0 Å². The van der Waals surface area contributed by atoms with Crippen LogP contribution in [0.15, 0.2) is 21.1 Å². The van der Waals surface area contributed by atoms with Gasteiger partial charge in [0.1, 0.15) is 0 Å². The van der Waals surface area contributed by atoms with Crippen molar-refractivity contribution in [3.63, 3.8) is 0 Å². The summed E-state index contributed by atoms with van der Waals surface area (Å²) in [5.74, 6) is 1.28. The summed E-state index contributed by atoms with van der Waals surface area (Å²) < 4.78 is 8.06. The number of fused-ring (bicyclic) bond motifs is 1. The smallest absolute Gasteiger partial charge is 0.192 e. The molecule has 0 saturated heterocycles. The minimum Gasteiger partial charge on any atom is -0.414 e. The lowest BCUT2D eigenvalue weighted by Gasteiger charge is -2.53. The largest absolute Gasteiger partial charge is 0.414 e. The molecule has 150 valence electrons. The highest BCUT2D eigenvalue weighted by atomic mass is 79.9. The Hall–Kier alpha value is 0.617. The van der Waals surface area contributed by atoms with Gasteiger partial charge in [0.2, 0.25) is 0 Å². The van der Waals surface area contributed by atoms with E-state index >= 15 is 0 Å². The van der Waals surface area contributed by atoms with Crippen LogP contribution in [0.5, 0.6) is 0 Å². The van der Waals surface area contributed by atoms with Gasteiger partial charge >= 0.3 is 0 Å². The second-order valence-corrected chi connectivity index (χ2v) is 17.7. The van der Waals surface area contributed by atoms with Crippen LogP contribution in [0.3, 0.4) is 0 Å². The van der Waals surface area contributed by atoms with Gasteiger partial charge in [0.15, 0.2) is 8.32 Å². The van der Waals surface area contributed by atoms with Crippen molar-refractivity contribution in [2.24, 2.45) is 17.3 Å². The molecular weight excluding hydrogens is 468 g/mol. The van der Waals surface area contributed by atoms with Gasteiger partial charge in [-0.2, -0.15) is 0 Å². The predicted molar refractivity (Wildman–Crippen MR) is 125 cm³/mol. The molecule has 2 aliphatic rings. The summed E-state index contributed by atoms with van der Waals surface area (Å²) in [6.45, 7) is 16.9. The van der Waals surface area contributed by atoms with Crippen molar-refractivity contribution in [1.29, 1.82) is 0 Å². The van der Waals surface area contributed by atoms with E-state index in [0.29, 0.717) is 23.4 Å². The zero-order chi connectivity index (χ0) is 19.8. The van der Waals surface area contributed by atoms with Crippen LogP contribution in [0.4, 0.5) is 0 Å². The minimum atomic E-state index is -1.72. The Balaban J connectivity index is 2.23. The molecule has 1 nitrogen and oxygen atoms in total. The number of rotatable bonds is 5. The van der Waals surface area contributed by atoms with Crippen LogP contribution in [-0.4, -0.2) is 14.4 Å². The third kappa shape index (κ3) is 4.96. The quantitative estimate of drug-likeness (QED) is 0.268. The Morgan fingerprint density at radius 2 is 2.00 bits per heavy atom. The van der Waals surface area contributed by atoms with Gasteiger partial charge in [-0.05, 0) is 99.3 Å². The van der Waals surface area contributed by atoms with Crippen molar-refractivity contribution in [2.75, 3.05) is 0 Å². The Labute approximate surface area is 179 Å². The Morgan fingerprint density at radius 1 is 1.35 bits per heavy atom. The number of allylic oxidation sites excluding steroid dienone is 3. The molecule has 26 heavy (non-hydrogen) atoms. The first-order valence-electron chi connectivity index (χ1n) is 10.3. The van der Waals surface area contributed by atoms with Gasteiger partial charge in [0.25, 0.3) is 0 Å². The van der Waals surface area contributed by atoms with E-state index in [1.165, 1.54) is 32.1 Å². The predicted octanol–water partition coefficient (Wildman–Crippen LogP) is 8.56. The zero-order valence-electron chi connectivity index (χ0n) is 17.8. The van der Waals surface area contributed by atoms with E-state index in [1.54, 1.807) is 5.57 Å². The van der Waals surface area contributed by atoms with E-state index in [-0.39, 0.29) is 5.04 Å². The number of hydrogen-bond donors (Lipinski definition) is 0. The first kappa shape index (κ1) is 22.9. The van der Waals surface area contributed by atoms with Crippen LogP contribution in [0.2, 0.25) is 18.1 Å². The molecule has 0 heterocycles. The first-order chi connectivity index (χ1) is 11.9. The molecule has 2 rings (SSSR count). The Morgan fingerprint density at radius 3 is 2.58 bits per heavy atom. The molecule has 1 saturated carbocycles. The molecule has 4 heteroatoms. The fraction of sp³-hybridized carbons (Fsp3) is 0.818. The van der Waals surface area contributed by atoms with E-state index in [4.69, 9.17) is 4.43 Å². The number of hydrogen-bond acceptors (Lipinski definition) is 1. The SMILES string of the molecule is C[C@H](CC=C(Br)Br)C1=CCC[C@H]2C(O[Si](C)(C)C(C)(C)C)CCC[C@]12C. The summed E-state index contributed by atoms with van der Waals surface area (Å²) in [5, 5.41) is 0.286. The van der Waals surface area contributed by atoms with Gasteiger partial charge in [-0.15, -0.1) is 0 Å². The van der Waals surface area contributed by atoms with Crippen molar-refractivity contribution in [2.45, 2.75) is 97.4 Å². The second kappa shape index (κ2) is 8.55. The maximum Gasteiger partial charge on any atom is 0.192 e. The average molecular weight is 506 g/mol. The summed E-state index contributed by atoms with van der Waals surface area (Å²) in [6.07, 6.45) is 12.7. The molecule has 0 aromatic rings. The van der Waals surface area contributed by atoms with Gasteiger partial charge in [-0.1, -0.05) is 58.8 Å². The Bertz CT molecular complexity index is 557. The van der Waals surface area contributed by atoms with E-state index in [9.17, 15) is 0 Å². The van der Waals surface area contributed by atoms with Gasteiger partial charge in [0.05, 0.1) is 3.39 Å². The molecule has 1 unspecified atom stereocenters. The highest BCUT2D eigenvalue weighted by Crippen LogP contribution is 2.55. The van der Waals surface area contributed by atoms with Gasteiger partial charge < -0.3 is 4.43 Å². The van der Waals surface area contributed by atoms with Crippen LogP contribution in [0, 0.1) is 17.3 Å². The highest BCUT2D eigenvalue weighted by molar-refractivity contribution is 9.28. The topological polar surface area (TPSA) is 9.23 Å². The fourth-order valence-electron chi connectivity index (χ4n) is 4.83. The molecule has 0 radical (unpaired) electrons. The fourth-order valence-corrected chi connectivity index (χ4v) is 6.60. The van der Waals surface area contributed by atoms with Crippen molar-refractivity contribution >= 4 is 40.2 Å². The summed E-state index contributed by atoms with van der Waals surface area (Å²) in [6, 6.07) is 0. The molecule has 0 aromatic carbocycles. The van der Waals surface area contributed by atoms with Crippen LogP contribution >= 0.6 is 31.9 Å². The lowest BCUT2D eigenvalue weighted by molar-refractivity contribution is -0.00501. The molecule has 4 atom stereocenters. The van der Waals surface area contributed by atoms with Crippen molar-refractivity contribution < 1.29 is 4.43 Å². The standard InChI is InChI=1S/C22H38Br2OSi/c1-16(13-14-20(23)24)17-10-8-11-18-19(12-9-15-22(17,18)5)25-26(6,7)21(2,3)4/h10,14,16,18-19H,8-9,11-13,15H2,1-7H3/t16-,18+,19?,22-/m1/s1. The summed E-state index contributed by atoms with van der Waals surface area (Å²) in [5.41, 5.74) is 2.00. The third-order valence-electron chi connectivity index (χ3n) is 7.36. The van der Waals surface area contributed by atoms with Crippen LogP contribution in [0.1, 0.15) is 73.1 Å². The monoisotopic (exact) mass is 504 g/mol. The number of halogens is 2. The van der Waals surface area contributed by atoms with Crippen LogP contribution < -0.4 is 0 Å². The third-order valence-corrected chi connectivity index (χ3v) is 12.5. The maximum atomic E-state index is 6.99. The van der Waals surface area contributed by atoms with Gasteiger partial charge in [0, 0.05) is 6.10 Å². The molecule has 1 fully saturated rings. The molecule has 0 aromatic heterocycles. The molecule has 0 spiro atoms. The van der Waals surface area contributed by atoms with Crippen LogP contribution in [-0.2, 0) is 4.43 Å². The summed E-state index contributed by atoms with van der Waals surface area (Å²) in [4.78, 5) is 0. The van der Waals surface area contributed by atoms with E-state index in [2.05, 4.69) is 91.7 Å². The highest BCUT2D eigenvalue weighted by Gasteiger charge is 2.49. The summed E-state index contributed by atoms with van der Waals surface area (Å²) >= 11 is 7.03. The average Bonchev–Trinajstić information content (AvgIpc) is 2.50. The van der Waals surface area contributed by atoms with E-state index in [1.807, 2.05) is 0 Å². The second-order valence-electron chi connectivity index (χ2n) is 10.2. The normalized spacial score (nSPS) is 31.0. The lowest BCUT2D eigenvalue weighted by Crippen LogP contribution is -2.51. The molecule has 0 aliphatic heterocycles. The molecule has 0 amide bonds. The first-order valence-corrected chi connectivity index (χ1v) is 14.8. The lowest BCUT2D eigenvalue weighted by atomic mass is 9.56. The summed E-state index contributed by atoms with van der Waals surface area (Å²) in [7, 11) is -1.72. The zero-order valence-corrected chi connectivity index (χ0v) is 22.0. The van der Waals surface area contributed by atoms with Crippen molar-refractivity contribution in [3.05, 3.63) is 21.1 Å². The minimum absolute atomic E-state index is 0.286. The van der Waals surface area contributed by atoms with Gasteiger partial charge in [-0.25, -0.2) is 0 Å². The molecule has 0 N–H and O–H groups in total. The van der Waals surface area contributed by atoms with E-state index < -0.39 is 8.32 Å². The molecule has 2 aliphatic carbocycles. The maximum absolute atomic E-state index is 6.99. The Kier molecular flexibility index (Phi) is 7.53. The van der Waals surface area contributed by atoms with Gasteiger partial charge in [-0.3, -0.25) is 0 Å².